The number of carbonyl (C=O) groups is 1. The molecule has 2 nitrogen and oxygen atoms in total. The van der Waals surface area contributed by atoms with Gasteiger partial charge in [-0.15, -0.1) is 11.6 Å². The van der Waals surface area contributed by atoms with Gasteiger partial charge in [0.2, 0.25) is 0 Å². The van der Waals surface area contributed by atoms with E-state index in [4.69, 9.17) is 11.6 Å². The summed E-state index contributed by atoms with van der Waals surface area (Å²) in [6.07, 6.45) is 3.27. The summed E-state index contributed by atoms with van der Waals surface area (Å²) in [4.78, 5) is 10.5. The first-order valence-electron chi connectivity index (χ1n) is 2.57. The Morgan fingerprint density at radius 1 is 1.78 bits per heavy atom. The number of hydrogen-bond acceptors (Lipinski definition) is 2. The third kappa shape index (κ3) is 3.14. The van der Waals surface area contributed by atoms with Gasteiger partial charge in [-0.3, -0.25) is 4.79 Å². The first-order valence-corrected chi connectivity index (χ1v) is 3.00. The van der Waals surface area contributed by atoms with Crippen molar-refractivity contribution in [1.29, 1.82) is 0 Å². The van der Waals surface area contributed by atoms with Gasteiger partial charge in [-0.25, -0.2) is 0 Å². The lowest BCUT2D eigenvalue weighted by Gasteiger charge is -1.98. The van der Waals surface area contributed by atoms with Crippen LogP contribution >= 0.6 is 11.6 Å². The van der Waals surface area contributed by atoms with Crippen LogP contribution in [0, 0.1) is 0 Å². The van der Waals surface area contributed by atoms with E-state index in [0.29, 0.717) is 0 Å². The van der Waals surface area contributed by atoms with Crippen LogP contribution in [0.2, 0.25) is 0 Å². The van der Waals surface area contributed by atoms with Crippen molar-refractivity contribution < 1.29 is 9.53 Å². The van der Waals surface area contributed by atoms with Gasteiger partial charge in [0.1, 0.15) is 5.38 Å². The van der Waals surface area contributed by atoms with Gasteiger partial charge in [0.05, 0.1) is 7.11 Å². The molecule has 0 amide bonds. The van der Waals surface area contributed by atoms with E-state index >= 15 is 0 Å². The number of halogens is 1. The van der Waals surface area contributed by atoms with Crippen LogP contribution in [0.4, 0.5) is 0 Å². The zero-order chi connectivity index (χ0) is 7.28. The van der Waals surface area contributed by atoms with Gasteiger partial charge in [-0.1, -0.05) is 12.2 Å². The molecule has 1 atom stereocenters. The largest absolute Gasteiger partial charge is 0.468 e. The summed E-state index contributed by atoms with van der Waals surface area (Å²) in [5, 5.41) is -0.639. The Morgan fingerprint density at radius 2 is 2.33 bits per heavy atom. The fraction of sp³-hybridized carbons (Fsp3) is 0.500. The molecule has 0 aliphatic rings. The molecule has 0 rings (SSSR count). The topological polar surface area (TPSA) is 26.3 Å². The third-order valence-electron chi connectivity index (χ3n) is 0.788. The number of carbonyl (C=O) groups excluding carboxylic acids is 1. The van der Waals surface area contributed by atoms with Gasteiger partial charge in [-0.2, -0.15) is 0 Å². The Kier molecular flexibility index (Phi) is 4.14. The minimum absolute atomic E-state index is 0.422. The van der Waals surface area contributed by atoms with E-state index in [1.165, 1.54) is 7.11 Å². The number of rotatable bonds is 2. The molecular weight excluding hydrogens is 140 g/mol. The van der Waals surface area contributed by atoms with E-state index in [9.17, 15) is 4.79 Å². The normalized spacial score (nSPS) is 13.7. The average Bonchev–Trinajstić information content (AvgIpc) is 1.87. The summed E-state index contributed by atoms with van der Waals surface area (Å²) < 4.78 is 4.34. The Balaban J connectivity index is 3.72. The van der Waals surface area contributed by atoms with Crippen molar-refractivity contribution in [1.82, 2.24) is 0 Å². The molecule has 0 aromatic heterocycles. The highest BCUT2D eigenvalue weighted by Crippen LogP contribution is 1.99. The minimum Gasteiger partial charge on any atom is -0.468 e. The Labute approximate surface area is 59.5 Å². The van der Waals surface area contributed by atoms with Gasteiger partial charge in [-0.05, 0) is 6.92 Å². The maximum atomic E-state index is 10.5. The van der Waals surface area contributed by atoms with Crippen molar-refractivity contribution in [3.8, 4) is 0 Å². The maximum absolute atomic E-state index is 10.5. The number of methoxy groups -OCH3 is 1. The molecule has 0 aromatic rings. The number of alkyl halides is 1. The van der Waals surface area contributed by atoms with Crippen molar-refractivity contribution in [2.24, 2.45) is 0 Å². The van der Waals surface area contributed by atoms with Crippen molar-refractivity contribution in [3.63, 3.8) is 0 Å². The first-order chi connectivity index (χ1) is 4.22. The van der Waals surface area contributed by atoms with Gasteiger partial charge in [0.15, 0.2) is 0 Å². The van der Waals surface area contributed by atoms with Crippen molar-refractivity contribution in [2.75, 3.05) is 7.11 Å². The van der Waals surface area contributed by atoms with Crippen molar-refractivity contribution in [2.45, 2.75) is 12.3 Å². The molecule has 0 aromatic carbocycles. The lowest BCUT2D eigenvalue weighted by Crippen LogP contribution is -2.12. The smallest absolute Gasteiger partial charge is 0.327 e. The highest BCUT2D eigenvalue weighted by atomic mass is 35.5. The number of hydrogen-bond donors (Lipinski definition) is 0. The third-order valence-corrected chi connectivity index (χ3v) is 1.11. The second kappa shape index (κ2) is 4.39. The quantitative estimate of drug-likeness (QED) is 0.336. The first kappa shape index (κ1) is 8.50. The lowest BCUT2D eigenvalue weighted by atomic mass is 10.4. The average molecular weight is 149 g/mol. The summed E-state index contributed by atoms with van der Waals surface area (Å²) >= 11 is 5.47. The molecule has 9 heavy (non-hydrogen) atoms. The van der Waals surface area contributed by atoms with Crippen LogP contribution in [0.5, 0.6) is 0 Å². The SMILES string of the molecule is CC=CC(Cl)C(=O)OC. The van der Waals surface area contributed by atoms with Crippen LogP contribution in [-0.4, -0.2) is 18.5 Å². The van der Waals surface area contributed by atoms with E-state index < -0.39 is 11.3 Å². The standard InChI is InChI=1S/C6H9ClO2/c1-3-4-5(7)6(8)9-2/h3-5H,1-2H3. The molecule has 0 saturated heterocycles. The molecule has 3 heteroatoms. The second-order valence-corrected chi connectivity index (χ2v) is 1.92. The van der Waals surface area contributed by atoms with Crippen LogP contribution in [-0.2, 0) is 9.53 Å². The van der Waals surface area contributed by atoms with Crippen LogP contribution < -0.4 is 0 Å². The van der Waals surface area contributed by atoms with Crippen molar-refractivity contribution in [3.05, 3.63) is 12.2 Å². The zero-order valence-electron chi connectivity index (χ0n) is 5.43. The van der Waals surface area contributed by atoms with Gasteiger partial charge in [0.25, 0.3) is 0 Å². The fourth-order valence-electron chi connectivity index (χ4n) is 0.360. The Hall–Kier alpha value is -0.500. The van der Waals surface area contributed by atoms with Crippen LogP contribution in [0.25, 0.3) is 0 Å². The molecule has 52 valence electrons. The maximum Gasteiger partial charge on any atom is 0.327 e. The van der Waals surface area contributed by atoms with Gasteiger partial charge >= 0.3 is 5.97 Å². The molecule has 0 bridgehead atoms. The summed E-state index contributed by atoms with van der Waals surface area (Å²) in [6.45, 7) is 1.79. The highest BCUT2D eigenvalue weighted by molar-refractivity contribution is 6.31. The summed E-state index contributed by atoms with van der Waals surface area (Å²) in [5.41, 5.74) is 0. The van der Waals surface area contributed by atoms with Crippen LogP contribution in [0.15, 0.2) is 12.2 Å². The molecule has 0 spiro atoms. The van der Waals surface area contributed by atoms with Crippen LogP contribution in [0.1, 0.15) is 6.92 Å². The van der Waals surface area contributed by atoms with E-state index in [2.05, 4.69) is 4.74 Å². The number of esters is 1. The molecule has 0 saturated carbocycles. The molecule has 0 aliphatic carbocycles. The predicted octanol–water partition coefficient (Wildman–Crippen LogP) is 1.34. The number of allylic oxidation sites excluding steroid dienone is 1. The van der Waals surface area contributed by atoms with E-state index in [1.807, 2.05) is 0 Å². The molecule has 0 heterocycles. The van der Waals surface area contributed by atoms with E-state index in [0.717, 1.165) is 0 Å². The molecule has 0 radical (unpaired) electrons. The highest BCUT2D eigenvalue weighted by Gasteiger charge is 2.09. The Bertz CT molecular complexity index is 120. The van der Waals surface area contributed by atoms with Gasteiger partial charge < -0.3 is 4.74 Å². The Morgan fingerprint density at radius 3 is 2.67 bits per heavy atom. The molecule has 0 fully saturated rings. The summed E-state index contributed by atoms with van der Waals surface area (Å²) in [6, 6.07) is 0. The minimum atomic E-state index is -0.639. The predicted molar refractivity (Wildman–Crippen MR) is 36.5 cm³/mol. The number of ether oxygens (including phenoxy) is 1. The monoisotopic (exact) mass is 148 g/mol. The van der Waals surface area contributed by atoms with Crippen molar-refractivity contribution >= 4 is 17.6 Å². The molecule has 1 unspecified atom stereocenters. The summed E-state index contributed by atoms with van der Waals surface area (Å²) in [5.74, 6) is -0.422. The lowest BCUT2D eigenvalue weighted by molar-refractivity contribution is -0.139. The van der Waals surface area contributed by atoms with E-state index in [-0.39, 0.29) is 0 Å². The zero-order valence-corrected chi connectivity index (χ0v) is 6.18. The second-order valence-electron chi connectivity index (χ2n) is 1.45. The molecule has 0 aliphatic heterocycles. The van der Waals surface area contributed by atoms with Gasteiger partial charge in [0, 0.05) is 0 Å². The summed E-state index contributed by atoms with van der Waals surface area (Å²) in [7, 11) is 1.31. The fourth-order valence-corrected chi connectivity index (χ4v) is 0.595. The molecule has 0 N–H and O–H groups in total. The van der Waals surface area contributed by atoms with Crippen LogP contribution in [0.3, 0.4) is 0 Å². The molecular formula is C6H9ClO2. The van der Waals surface area contributed by atoms with E-state index in [1.54, 1.807) is 19.1 Å².